The first-order valence-corrected chi connectivity index (χ1v) is 38.2. The molecule has 2 aliphatic carbocycles. The molecule has 23 heteroatoms. The third kappa shape index (κ3) is 18.2. The number of hydrogen-bond acceptors (Lipinski definition) is 17. The van der Waals surface area contributed by atoms with Crippen molar-refractivity contribution in [3.05, 3.63) is 91.1 Å². The number of halogens is 1. The smallest absolute Gasteiger partial charge is 0.850 e. The molecule has 3 N–H and O–H groups in total. The van der Waals surface area contributed by atoms with E-state index in [0.29, 0.717) is 29.1 Å². The summed E-state index contributed by atoms with van der Waals surface area (Å²) >= 11 is 5.85. The van der Waals surface area contributed by atoms with E-state index in [1.807, 2.05) is 73.8 Å². The Balaban J connectivity index is 0.000000180. The van der Waals surface area contributed by atoms with Crippen LogP contribution >= 0.6 is 11.6 Å². The van der Waals surface area contributed by atoms with Crippen LogP contribution in [0.5, 0.6) is 0 Å². The molecule has 89 heavy (non-hydrogen) atoms. The minimum absolute atomic E-state index is 0. The Bertz CT molecular complexity index is 3520. The van der Waals surface area contributed by atoms with Crippen molar-refractivity contribution in [1.29, 1.82) is 0 Å². The first-order chi connectivity index (χ1) is 41.7. The molecule has 4 aliphatic rings. The molecule has 0 radical (unpaired) electrons. The van der Waals surface area contributed by atoms with E-state index in [2.05, 4.69) is 144 Å². The largest absolute Gasteiger partial charge is 1.00 e. The standard InChI is InChI=1S/C31H44N8OSi.C17H30ClN3OSi.C14H15N5.C4H9O.Na/c1-31(2,3)41(4,5)40-19-18-37-14-16-38(17-15-37)24-10-11-28(33-20-24)35-30-34-21-26-25-12-13-32-22-27(25)39(29(26)36-30)23-8-6-7-9-23;1-17(2,3)23(4,5)22-13-12-20-8-10-21(11-9-20)15-6-7-16(18)19-14-15;15-14-17-7-11-10-5-6-16-8-12(10)19(13(11)18-14)9-3-1-2-4-9;1-4(2,3)5;/h10-13,20-23H,6-9,14-19H2,1-5H3,(H,33,34,35,36);6-7,14H,8-13H2,1-5H3;5-9H,1-4H2,(H2,15,17,18);1-3H3;/q;;;-1;+1. The zero-order valence-electron chi connectivity index (χ0n) is 55.8. The van der Waals surface area contributed by atoms with Gasteiger partial charge in [-0.3, -0.25) is 19.8 Å². The van der Waals surface area contributed by atoms with Crippen LogP contribution in [0.3, 0.4) is 0 Å². The van der Waals surface area contributed by atoms with Crippen molar-refractivity contribution in [2.45, 2.75) is 168 Å². The molecular formula is C66H98ClN16NaO3Si2. The Kier molecular flexibility index (Phi) is 23.8. The minimum Gasteiger partial charge on any atom is -0.850 e. The third-order valence-corrected chi connectivity index (χ3v) is 27.9. The van der Waals surface area contributed by atoms with Gasteiger partial charge in [0.15, 0.2) is 16.6 Å². The molecule has 0 bridgehead atoms. The van der Waals surface area contributed by atoms with Crippen LogP contribution in [-0.2, 0) is 8.85 Å². The van der Waals surface area contributed by atoms with Gasteiger partial charge in [0.2, 0.25) is 11.9 Å². The first-order valence-electron chi connectivity index (χ1n) is 32.0. The van der Waals surface area contributed by atoms with Crippen molar-refractivity contribution in [2.24, 2.45) is 0 Å². The summed E-state index contributed by atoms with van der Waals surface area (Å²) in [5.41, 5.74) is 11.5. The number of anilines is 5. The van der Waals surface area contributed by atoms with Gasteiger partial charge in [-0.1, -0.05) is 99.6 Å². The van der Waals surface area contributed by atoms with E-state index >= 15 is 0 Å². The number of piperazine rings is 2. The van der Waals surface area contributed by atoms with E-state index in [0.717, 1.165) is 134 Å². The Morgan fingerprint density at radius 2 is 0.978 bits per heavy atom. The van der Waals surface area contributed by atoms with Gasteiger partial charge in [-0.2, -0.15) is 9.97 Å². The number of nitrogens with one attached hydrogen (secondary N) is 1. The summed E-state index contributed by atoms with van der Waals surface area (Å²) in [7, 11) is -3.30. The summed E-state index contributed by atoms with van der Waals surface area (Å²) in [6.45, 7) is 39.9. The molecule has 2 saturated carbocycles. The SMILES string of the molecule is CC(C)(C)[O-].CC(C)(C)[Si](C)(C)OCCN1CCN(c2ccc(Cl)nc2)CC1.CC(C)(C)[Si](C)(C)OCCN1CCN(c2ccc(Nc3ncc4c5ccncc5n(C5CCCC5)c4n3)nc2)CC1.Nc1ncc2c3ccncc3n(C3CCCC3)c2n1.[Na+]. The molecule has 476 valence electrons. The maximum Gasteiger partial charge on any atom is 1.00 e. The van der Waals surface area contributed by atoms with Crippen LogP contribution in [0.2, 0.25) is 41.4 Å². The van der Waals surface area contributed by atoms with Gasteiger partial charge in [0.25, 0.3) is 0 Å². The second-order valence-electron chi connectivity index (χ2n) is 28.2. The Morgan fingerprint density at radius 1 is 0.551 bits per heavy atom. The van der Waals surface area contributed by atoms with Gasteiger partial charge in [-0.15, -0.1) is 5.60 Å². The monoisotopic (exact) mass is 1280 g/mol. The van der Waals surface area contributed by atoms with Gasteiger partial charge in [-0.05, 0) is 98.3 Å². The summed E-state index contributed by atoms with van der Waals surface area (Å²) in [6, 6.07) is 13.2. The van der Waals surface area contributed by atoms with E-state index in [9.17, 15) is 5.11 Å². The average molecular weight is 1280 g/mol. The average Bonchev–Trinajstić information content (AvgIpc) is 1.71. The molecule has 12 rings (SSSR count). The molecule has 2 aliphatic heterocycles. The third-order valence-electron chi connectivity index (χ3n) is 18.6. The van der Waals surface area contributed by atoms with Crippen LogP contribution in [0.25, 0.3) is 43.9 Å². The quantitative estimate of drug-likeness (QED) is 0.0767. The number of rotatable bonds is 14. The van der Waals surface area contributed by atoms with Crippen LogP contribution in [0.15, 0.2) is 86.0 Å². The van der Waals surface area contributed by atoms with Gasteiger partial charge in [-0.25, -0.2) is 19.9 Å². The van der Waals surface area contributed by atoms with Crippen LogP contribution in [0, 0.1) is 0 Å². The second kappa shape index (κ2) is 30.2. The number of hydrogen-bond donors (Lipinski definition) is 2. The van der Waals surface area contributed by atoms with Gasteiger partial charge in [0.1, 0.15) is 22.3 Å². The Morgan fingerprint density at radius 3 is 1.39 bits per heavy atom. The van der Waals surface area contributed by atoms with E-state index in [1.165, 1.54) is 56.8 Å². The molecule has 8 aromatic rings. The van der Waals surface area contributed by atoms with E-state index in [-0.39, 0.29) is 39.6 Å². The van der Waals surface area contributed by atoms with Gasteiger partial charge < -0.3 is 43.9 Å². The van der Waals surface area contributed by atoms with Crippen molar-refractivity contribution in [2.75, 3.05) is 99.5 Å². The fraction of sp³-hybridized carbons (Fsp3) is 0.576. The first kappa shape index (κ1) is 70.0. The van der Waals surface area contributed by atoms with Crippen molar-refractivity contribution in [3.8, 4) is 0 Å². The van der Waals surface area contributed by atoms with E-state index in [1.54, 1.807) is 20.8 Å². The molecule has 8 aromatic heterocycles. The maximum absolute atomic E-state index is 10.1. The maximum atomic E-state index is 10.1. The summed E-state index contributed by atoms with van der Waals surface area (Å²) in [5, 5.41) is 19.0. The molecule has 10 heterocycles. The number of nitrogen functional groups attached to an aromatic ring is 1. The summed E-state index contributed by atoms with van der Waals surface area (Å²) < 4.78 is 17.4. The molecule has 0 aromatic carbocycles. The van der Waals surface area contributed by atoms with Crippen LogP contribution < -0.4 is 55.5 Å². The van der Waals surface area contributed by atoms with E-state index < -0.39 is 22.2 Å². The summed E-state index contributed by atoms with van der Waals surface area (Å²) in [6.07, 6.45) is 25.0. The number of nitrogens with two attached hydrogens (primary N) is 1. The summed E-state index contributed by atoms with van der Waals surface area (Å²) in [5.74, 6) is 1.66. The van der Waals surface area contributed by atoms with Crippen LogP contribution in [-0.4, -0.2) is 160 Å². The summed E-state index contributed by atoms with van der Waals surface area (Å²) in [4.78, 5) is 45.6. The van der Waals surface area contributed by atoms with Crippen molar-refractivity contribution < 1.29 is 43.5 Å². The molecule has 0 amide bonds. The zero-order chi connectivity index (χ0) is 63.0. The Labute approximate surface area is 557 Å². The van der Waals surface area contributed by atoms with Crippen LogP contribution in [0.4, 0.5) is 29.1 Å². The molecule has 2 saturated heterocycles. The molecular weight excluding hydrogens is 1180 g/mol. The van der Waals surface area contributed by atoms with Crippen LogP contribution in [0.1, 0.15) is 126 Å². The number of fused-ring (bicyclic) bond motifs is 6. The van der Waals surface area contributed by atoms with Crippen molar-refractivity contribution in [1.82, 2.24) is 58.8 Å². The second-order valence-corrected chi connectivity index (χ2v) is 38.2. The Hall–Kier alpha value is -4.92. The minimum atomic E-state index is -1.68. The predicted molar refractivity (Wildman–Crippen MR) is 365 cm³/mol. The van der Waals surface area contributed by atoms with E-state index in [4.69, 9.17) is 36.2 Å². The van der Waals surface area contributed by atoms with Crippen molar-refractivity contribution in [3.63, 3.8) is 0 Å². The molecule has 4 fully saturated rings. The van der Waals surface area contributed by atoms with Gasteiger partial charge in [0.05, 0.1) is 47.2 Å². The topological polar surface area (TPSA) is 206 Å². The van der Waals surface area contributed by atoms with Crippen molar-refractivity contribution >= 4 is 101 Å². The predicted octanol–water partition coefficient (Wildman–Crippen LogP) is 10.1. The fourth-order valence-corrected chi connectivity index (χ4v) is 13.7. The number of pyridine rings is 4. The molecule has 0 unspecified atom stereocenters. The van der Waals surface area contributed by atoms with Gasteiger partial charge in [0, 0.05) is 137 Å². The molecule has 0 atom stereocenters. The number of aromatic nitrogens is 10. The fourth-order valence-electron chi connectivity index (χ4n) is 11.5. The zero-order valence-corrected chi connectivity index (χ0v) is 60.6. The molecule has 0 spiro atoms. The van der Waals surface area contributed by atoms with Gasteiger partial charge >= 0.3 is 29.6 Å². The molecule has 19 nitrogen and oxygen atoms in total. The number of nitrogens with zero attached hydrogens (tertiary/aromatic N) is 14. The normalized spacial score (nSPS) is 16.9.